The molecular weight excluding hydrogens is 257 g/mol. The predicted octanol–water partition coefficient (Wildman–Crippen LogP) is 2.71. The number of aromatic nitrogens is 2. The average Bonchev–Trinajstić information content (AvgIpc) is 2.81. The zero-order valence-electron chi connectivity index (χ0n) is 11.4. The standard InChI is InChI=1S/C15H18FN3O/c1-15(16)6-11(7-15)5-14(20)17-8-10-2-3-12-13(4-10)19-9-18-12/h2-4,9,11H,5-8H2,1H3,(H,17,20)(H,18,19). The normalized spacial score (nSPS) is 25.4. The van der Waals surface area contributed by atoms with Crippen molar-refractivity contribution in [3.63, 3.8) is 0 Å². The minimum atomic E-state index is -1.06. The molecule has 4 nitrogen and oxygen atoms in total. The second-order valence-electron chi connectivity index (χ2n) is 5.92. The van der Waals surface area contributed by atoms with Crippen molar-refractivity contribution in [2.75, 3.05) is 0 Å². The van der Waals surface area contributed by atoms with Crippen LogP contribution in [-0.4, -0.2) is 21.5 Å². The van der Waals surface area contributed by atoms with Gasteiger partial charge in [-0.3, -0.25) is 4.79 Å². The van der Waals surface area contributed by atoms with Crippen LogP contribution in [0.25, 0.3) is 11.0 Å². The molecule has 20 heavy (non-hydrogen) atoms. The molecule has 0 unspecified atom stereocenters. The molecule has 1 aromatic carbocycles. The molecule has 0 aliphatic heterocycles. The first-order valence-electron chi connectivity index (χ1n) is 6.89. The summed E-state index contributed by atoms with van der Waals surface area (Å²) < 4.78 is 13.3. The van der Waals surface area contributed by atoms with Crippen molar-refractivity contribution in [3.8, 4) is 0 Å². The summed E-state index contributed by atoms with van der Waals surface area (Å²) in [6, 6.07) is 5.85. The molecule has 1 aromatic heterocycles. The van der Waals surface area contributed by atoms with E-state index in [1.54, 1.807) is 13.3 Å². The Morgan fingerprint density at radius 3 is 3.10 bits per heavy atom. The molecule has 0 spiro atoms. The lowest BCUT2D eigenvalue weighted by Crippen LogP contribution is -2.39. The Hall–Kier alpha value is -1.91. The smallest absolute Gasteiger partial charge is 0.220 e. The molecule has 0 atom stereocenters. The third-order valence-electron chi connectivity index (χ3n) is 3.88. The Morgan fingerprint density at radius 2 is 2.35 bits per heavy atom. The molecule has 1 heterocycles. The number of imidazole rings is 1. The summed E-state index contributed by atoms with van der Waals surface area (Å²) in [7, 11) is 0. The SMILES string of the molecule is CC1(F)CC(CC(=O)NCc2ccc3nc[nH]c3c2)C1. The van der Waals surface area contributed by atoms with E-state index < -0.39 is 5.67 Å². The van der Waals surface area contributed by atoms with E-state index in [-0.39, 0.29) is 11.8 Å². The van der Waals surface area contributed by atoms with Crippen LogP contribution >= 0.6 is 0 Å². The van der Waals surface area contributed by atoms with Gasteiger partial charge in [-0.25, -0.2) is 9.37 Å². The van der Waals surface area contributed by atoms with Gasteiger partial charge in [-0.2, -0.15) is 0 Å². The minimum Gasteiger partial charge on any atom is -0.352 e. The highest BCUT2D eigenvalue weighted by Crippen LogP contribution is 2.42. The van der Waals surface area contributed by atoms with Crippen molar-refractivity contribution in [3.05, 3.63) is 30.1 Å². The minimum absolute atomic E-state index is 0.00444. The van der Waals surface area contributed by atoms with Crippen LogP contribution in [0.4, 0.5) is 4.39 Å². The molecule has 1 fully saturated rings. The highest BCUT2D eigenvalue weighted by Gasteiger charge is 2.40. The first-order chi connectivity index (χ1) is 9.52. The summed E-state index contributed by atoms with van der Waals surface area (Å²) in [5.74, 6) is 0.190. The maximum Gasteiger partial charge on any atom is 0.220 e. The van der Waals surface area contributed by atoms with Gasteiger partial charge >= 0.3 is 0 Å². The fourth-order valence-corrected chi connectivity index (χ4v) is 2.92. The number of aromatic amines is 1. The molecule has 0 radical (unpaired) electrons. The number of rotatable bonds is 4. The largest absolute Gasteiger partial charge is 0.352 e. The molecule has 5 heteroatoms. The molecule has 0 saturated heterocycles. The Morgan fingerprint density at radius 1 is 1.55 bits per heavy atom. The monoisotopic (exact) mass is 275 g/mol. The zero-order valence-corrected chi connectivity index (χ0v) is 11.4. The lowest BCUT2D eigenvalue weighted by atomic mass is 9.72. The second kappa shape index (κ2) is 4.89. The van der Waals surface area contributed by atoms with Crippen LogP contribution in [0.1, 0.15) is 31.7 Å². The summed E-state index contributed by atoms with van der Waals surface area (Å²) in [6.45, 7) is 2.09. The molecule has 1 amide bonds. The number of benzene rings is 1. The van der Waals surface area contributed by atoms with Gasteiger partial charge in [0.05, 0.1) is 17.4 Å². The van der Waals surface area contributed by atoms with E-state index in [9.17, 15) is 9.18 Å². The van der Waals surface area contributed by atoms with E-state index in [1.165, 1.54) is 0 Å². The number of carbonyl (C=O) groups excluding carboxylic acids is 1. The summed E-state index contributed by atoms with van der Waals surface area (Å²) in [4.78, 5) is 19.0. The number of nitrogens with zero attached hydrogens (tertiary/aromatic N) is 1. The van der Waals surface area contributed by atoms with Crippen molar-refractivity contribution in [1.82, 2.24) is 15.3 Å². The molecule has 2 N–H and O–H groups in total. The van der Waals surface area contributed by atoms with E-state index in [4.69, 9.17) is 0 Å². The van der Waals surface area contributed by atoms with Gasteiger partial charge in [0.2, 0.25) is 5.91 Å². The topological polar surface area (TPSA) is 57.8 Å². The summed E-state index contributed by atoms with van der Waals surface area (Å²) in [5.41, 5.74) is 1.84. The Balaban J connectivity index is 1.50. The molecule has 1 aliphatic carbocycles. The van der Waals surface area contributed by atoms with E-state index >= 15 is 0 Å². The van der Waals surface area contributed by atoms with Crippen LogP contribution in [0.2, 0.25) is 0 Å². The van der Waals surface area contributed by atoms with Crippen molar-refractivity contribution in [2.45, 2.75) is 38.4 Å². The summed E-state index contributed by atoms with van der Waals surface area (Å²) in [5, 5.41) is 2.89. The van der Waals surface area contributed by atoms with E-state index in [1.807, 2.05) is 18.2 Å². The number of nitrogens with one attached hydrogen (secondary N) is 2. The number of alkyl halides is 1. The number of halogens is 1. The van der Waals surface area contributed by atoms with Crippen molar-refractivity contribution >= 4 is 16.9 Å². The van der Waals surface area contributed by atoms with Gasteiger partial charge in [0.15, 0.2) is 0 Å². The molecule has 0 bridgehead atoms. The van der Waals surface area contributed by atoms with Crippen LogP contribution in [0.3, 0.4) is 0 Å². The molecule has 2 aromatic rings. The predicted molar refractivity (Wildman–Crippen MR) is 74.8 cm³/mol. The molecule has 1 aliphatic rings. The van der Waals surface area contributed by atoms with Gasteiger partial charge in [-0.1, -0.05) is 6.07 Å². The average molecular weight is 275 g/mol. The van der Waals surface area contributed by atoms with Crippen LogP contribution < -0.4 is 5.32 Å². The molecular formula is C15H18FN3O. The number of fused-ring (bicyclic) bond motifs is 1. The fraction of sp³-hybridized carbons (Fsp3) is 0.467. The van der Waals surface area contributed by atoms with Gasteiger partial charge in [-0.05, 0) is 43.4 Å². The van der Waals surface area contributed by atoms with E-state index in [0.717, 1.165) is 16.6 Å². The van der Waals surface area contributed by atoms with Crippen molar-refractivity contribution in [1.29, 1.82) is 0 Å². The Kier molecular flexibility index (Phi) is 3.20. The third kappa shape index (κ3) is 2.81. The van der Waals surface area contributed by atoms with Gasteiger partial charge in [-0.15, -0.1) is 0 Å². The Bertz CT molecular complexity index is 627. The number of amides is 1. The van der Waals surface area contributed by atoms with Crippen LogP contribution in [0.15, 0.2) is 24.5 Å². The number of H-pyrrole nitrogens is 1. The van der Waals surface area contributed by atoms with E-state index in [2.05, 4.69) is 15.3 Å². The van der Waals surface area contributed by atoms with Crippen LogP contribution in [-0.2, 0) is 11.3 Å². The first-order valence-corrected chi connectivity index (χ1v) is 6.89. The molecule has 1 saturated carbocycles. The first kappa shape index (κ1) is 13.1. The van der Waals surface area contributed by atoms with Crippen LogP contribution in [0.5, 0.6) is 0 Å². The number of carbonyl (C=O) groups is 1. The highest BCUT2D eigenvalue weighted by molar-refractivity contribution is 5.77. The summed E-state index contributed by atoms with van der Waals surface area (Å²) in [6.07, 6.45) is 3.07. The molecule has 106 valence electrons. The lowest BCUT2D eigenvalue weighted by Gasteiger charge is -2.38. The molecule has 3 rings (SSSR count). The fourth-order valence-electron chi connectivity index (χ4n) is 2.92. The van der Waals surface area contributed by atoms with Gasteiger partial charge in [0.25, 0.3) is 0 Å². The highest BCUT2D eigenvalue weighted by atomic mass is 19.1. The van der Waals surface area contributed by atoms with Crippen molar-refractivity contribution < 1.29 is 9.18 Å². The number of hydrogen-bond donors (Lipinski definition) is 2. The maximum atomic E-state index is 13.3. The maximum absolute atomic E-state index is 13.3. The zero-order chi connectivity index (χ0) is 14.2. The lowest BCUT2D eigenvalue weighted by molar-refractivity contribution is -0.124. The van der Waals surface area contributed by atoms with Crippen molar-refractivity contribution in [2.24, 2.45) is 5.92 Å². The van der Waals surface area contributed by atoms with Gasteiger partial charge < -0.3 is 10.3 Å². The van der Waals surface area contributed by atoms with Gasteiger partial charge in [0, 0.05) is 13.0 Å². The number of hydrogen-bond acceptors (Lipinski definition) is 2. The Labute approximate surface area is 116 Å². The van der Waals surface area contributed by atoms with E-state index in [0.29, 0.717) is 25.8 Å². The third-order valence-corrected chi connectivity index (χ3v) is 3.88. The summed E-state index contributed by atoms with van der Waals surface area (Å²) >= 11 is 0. The van der Waals surface area contributed by atoms with Crippen LogP contribution in [0, 0.1) is 5.92 Å². The quantitative estimate of drug-likeness (QED) is 0.901. The van der Waals surface area contributed by atoms with Gasteiger partial charge in [0.1, 0.15) is 5.67 Å². The second-order valence-corrected chi connectivity index (χ2v) is 5.92.